The molecule has 0 aliphatic rings. The van der Waals surface area contributed by atoms with Crippen LogP contribution in [0.15, 0.2) is 52.3 Å². The molecule has 2 rings (SSSR count). The number of nitrogens with two attached hydrogens (primary N) is 1. The number of para-hydroxylation sites is 1. The van der Waals surface area contributed by atoms with Gasteiger partial charge in [0, 0.05) is 11.2 Å². The molecule has 0 bridgehead atoms. The highest BCUT2D eigenvalue weighted by molar-refractivity contribution is 7.98. The maximum atomic E-state index is 11.5. The van der Waals surface area contributed by atoms with Gasteiger partial charge >= 0.3 is 0 Å². The average molecular weight is 308 g/mol. The molecule has 0 saturated heterocycles. The summed E-state index contributed by atoms with van der Waals surface area (Å²) in [7, 11) is -3.24. The molecule has 0 aliphatic carbocycles. The van der Waals surface area contributed by atoms with E-state index in [9.17, 15) is 8.42 Å². The number of sulfone groups is 1. The zero-order valence-electron chi connectivity index (χ0n) is 11.3. The van der Waals surface area contributed by atoms with Crippen molar-refractivity contribution in [3.63, 3.8) is 0 Å². The maximum absolute atomic E-state index is 11.5. The molecule has 0 unspecified atom stereocenters. The summed E-state index contributed by atoms with van der Waals surface area (Å²) in [5, 5.41) is 3.23. The lowest BCUT2D eigenvalue weighted by Gasteiger charge is -2.13. The number of rotatable bonds is 4. The quantitative estimate of drug-likeness (QED) is 0.670. The van der Waals surface area contributed by atoms with Gasteiger partial charge in [-0.2, -0.15) is 0 Å². The minimum absolute atomic E-state index is 0.221. The van der Waals surface area contributed by atoms with Crippen LogP contribution in [0.5, 0.6) is 0 Å². The number of hydrogen-bond acceptors (Lipinski definition) is 5. The SMILES string of the molecule is CSc1ccccc1Nc1ccc(S(C)(=O)=O)cc1N. The van der Waals surface area contributed by atoms with Gasteiger partial charge in [0.1, 0.15) is 0 Å². The van der Waals surface area contributed by atoms with Crippen molar-refractivity contribution in [3.8, 4) is 0 Å². The Morgan fingerprint density at radius 1 is 1.10 bits per heavy atom. The van der Waals surface area contributed by atoms with Gasteiger partial charge in [0.05, 0.1) is 22.0 Å². The molecule has 6 heteroatoms. The Morgan fingerprint density at radius 3 is 2.40 bits per heavy atom. The number of thioether (sulfide) groups is 1. The standard InChI is InChI=1S/C14H16N2O2S2/c1-19-14-6-4-3-5-13(14)16-12-8-7-10(9-11(12)15)20(2,17)18/h3-9,16H,15H2,1-2H3. The van der Waals surface area contributed by atoms with Gasteiger partial charge < -0.3 is 11.1 Å². The van der Waals surface area contributed by atoms with E-state index in [2.05, 4.69) is 5.32 Å². The van der Waals surface area contributed by atoms with Crippen LogP contribution in [0.3, 0.4) is 0 Å². The second kappa shape index (κ2) is 5.76. The molecule has 0 saturated carbocycles. The fraction of sp³-hybridized carbons (Fsp3) is 0.143. The molecule has 0 spiro atoms. The van der Waals surface area contributed by atoms with E-state index in [1.165, 1.54) is 6.07 Å². The van der Waals surface area contributed by atoms with Gasteiger partial charge in [-0.05, 0) is 36.6 Å². The number of anilines is 3. The van der Waals surface area contributed by atoms with Crippen molar-refractivity contribution >= 4 is 38.7 Å². The van der Waals surface area contributed by atoms with Crippen molar-refractivity contribution in [2.24, 2.45) is 0 Å². The molecular formula is C14H16N2O2S2. The van der Waals surface area contributed by atoms with E-state index >= 15 is 0 Å². The van der Waals surface area contributed by atoms with Crippen LogP contribution in [0.4, 0.5) is 17.1 Å². The molecule has 0 heterocycles. The van der Waals surface area contributed by atoms with E-state index < -0.39 is 9.84 Å². The third-order valence-electron chi connectivity index (χ3n) is 2.83. The summed E-state index contributed by atoms with van der Waals surface area (Å²) in [6, 6.07) is 12.6. The van der Waals surface area contributed by atoms with Gasteiger partial charge in [0.2, 0.25) is 0 Å². The van der Waals surface area contributed by atoms with Gasteiger partial charge in [-0.1, -0.05) is 12.1 Å². The van der Waals surface area contributed by atoms with Crippen LogP contribution in [-0.4, -0.2) is 20.9 Å². The van der Waals surface area contributed by atoms with E-state index in [0.717, 1.165) is 16.8 Å². The van der Waals surface area contributed by atoms with Crippen LogP contribution in [-0.2, 0) is 9.84 Å². The summed E-state index contributed by atoms with van der Waals surface area (Å²) in [5.41, 5.74) is 7.97. The smallest absolute Gasteiger partial charge is 0.175 e. The van der Waals surface area contributed by atoms with Gasteiger partial charge in [-0.15, -0.1) is 11.8 Å². The molecule has 2 aromatic carbocycles. The molecule has 106 valence electrons. The zero-order chi connectivity index (χ0) is 14.8. The maximum Gasteiger partial charge on any atom is 0.175 e. The highest BCUT2D eigenvalue weighted by atomic mass is 32.2. The predicted molar refractivity (Wildman–Crippen MR) is 85.5 cm³/mol. The minimum Gasteiger partial charge on any atom is -0.397 e. The molecule has 0 radical (unpaired) electrons. The Kier molecular flexibility index (Phi) is 4.25. The molecule has 20 heavy (non-hydrogen) atoms. The van der Waals surface area contributed by atoms with Gasteiger partial charge in [-0.25, -0.2) is 8.42 Å². The van der Waals surface area contributed by atoms with Gasteiger partial charge in [0.15, 0.2) is 9.84 Å². The first-order valence-electron chi connectivity index (χ1n) is 5.91. The van der Waals surface area contributed by atoms with Crippen LogP contribution in [0.25, 0.3) is 0 Å². The summed E-state index contributed by atoms with van der Waals surface area (Å²) >= 11 is 1.63. The van der Waals surface area contributed by atoms with Crippen LogP contribution < -0.4 is 11.1 Å². The summed E-state index contributed by atoms with van der Waals surface area (Å²) in [6.07, 6.45) is 3.16. The molecule has 2 aromatic rings. The molecular weight excluding hydrogens is 292 g/mol. The van der Waals surface area contributed by atoms with Gasteiger partial charge in [0.25, 0.3) is 0 Å². The molecule has 0 atom stereocenters. The van der Waals surface area contributed by atoms with Crippen LogP contribution in [0.2, 0.25) is 0 Å². The second-order valence-corrected chi connectivity index (χ2v) is 7.21. The molecule has 3 N–H and O–H groups in total. The Hall–Kier alpha value is -1.66. The third kappa shape index (κ3) is 3.26. The summed E-state index contributed by atoms with van der Waals surface area (Å²) < 4.78 is 23.0. The lowest BCUT2D eigenvalue weighted by molar-refractivity contribution is 0.602. The molecule has 0 fully saturated rings. The van der Waals surface area contributed by atoms with Crippen molar-refractivity contribution in [1.82, 2.24) is 0 Å². The highest BCUT2D eigenvalue weighted by Gasteiger charge is 2.10. The van der Waals surface area contributed by atoms with Crippen LogP contribution in [0, 0.1) is 0 Å². The van der Waals surface area contributed by atoms with E-state index in [1.807, 2.05) is 30.5 Å². The summed E-state index contributed by atoms with van der Waals surface area (Å²) in [6.45, 7) is 0. The van der Waals surface area contributed by atoms with Crippen LogP contribution >= 0.6 is 11.8 Å². The van der Waals surface area contributed by atoms with Crippen molar-refractivity contribution in [1.29, 1.82) is 0 Å². The topological polar surface area (TPSA) is 72.2 Å². The molecule has 0 aromatic heterocycles. The fourth-order valence-corrected chi connectivity index (χ4v) is 2.99. The first-order valence-corrected chi connectivity index (χ1v) is 9.03. The molecule has 4 nitrogen and oxygen atoms in total. The van der Waals surface area contributed by atoms with Gasteiger partial charge in [-0.3, -0.25) is 0 Å². The molecule has 0 amide bonds. The fourth-order valence-electron chi connectivity index (χ4n) is 1.78. The third-order valence-corrected chi connectivity index (χ3v) is 4.73. The predicted octanol–water partition coefficient (Wildman–Crippen LogP) is 3.14. The van der Waals surface area contributed by atoms with Crippen molar-refractivity contribution in [2.75, 3.05) is 23.6 Å². The summed E-state index contributed by atoms with van der Waals surface area (Å²) in [4.78, 5) is 1.32. The minimum atomic E-state index is -3.24. The van der Waals surface area contributed by atoms with Crippen molar-refractivity contribution in [2.45, 2.75) is 9.79 Å². The van der Waals surface area contributed by atoms with E-state index in [4.69, 9.17) is 5.73 Å². The zero-order valence-corrected chi connectivity index (χ0v) is 12.9. The molecule has 0 aliphatic heterocycles. The first kappa shape index (κ1) is 14.7. The second-order valence-electron chi connectivity index (χ2n) is 4.35. The number of hydrogen-bond donors (Lipinski definition) is 2. The monoisotopic (exact) mass is 308 g/mol. The van der Waals surface area contributed by atoms with E-state index in [0.29, 0.717) is 11.4 Å². The lowest BCUT2D eigenvalue weighted by Crippen LogP contribution is -2.02. The van der Waals surface area contributed by atoms with Crippen LogP contribution in [0.1, 0.15) is 0 Å². The van der Waals surface area contributed by atoms with Crippen molar-refractivity contribution < 1.29 is 8.42 Å². The lowest BCUT2D eigenvalue weighted by atomic mass is 10.2. The Balaban J connectivity index is 2.35. The Labute approximate surface area is 123 Å². The number of benzene rings is 2. The Morgan fingerprint density at radius 2 is 1.80 bits per heavy atom. The number of nitrogen functional groups attached to an aromatic ring is 1. The normalized spacial score (nSPS) is 11.3. The van der Waals surface area contributed by atoms with E-state index in [1.54, 1.807) is 23.9 Å². The van der Waals surface area contributed by atoms with E-state index in [-0.39, 0.29) is 4.90 Å². The van der Waals surface area contributed by atoms with Crippen molar-refractivity contribution in [3.05, 3.63) is 42.5 Å². The number of nitrogens with one attached hydrogen (secondary N) is 1. The first-order chi connectivity index (χ1) is 9.41. The average Bonchev–Trinajstić information content (AvgIpc) is 2.40. The summed E-state index contributed by atoms with van der Waals surface area (Å²) in [5.74, 6) is 0. The highest BCUT2D eigenvalue weighted by Crippen LogP contribution is 2.31. The Bertz CT molecular complexity index is 728. The largest absolute Gasteiger partial charge is 0.397 e.